The molecule has 1 saturated heterocycles. The number of furan rings is 1. The Labute approximate surface area is 177 Å². The number of amides is 1. The van der Waals surface area contributed by atoms with Crippen molar-refractivity contribution in [3.8, 4) is 0 Å². The lowest BCUT2D eigenvalue weighted by Crippen LogP contribution is -2.49. The predicted octanol–water partition coefficient (Wildman–Crippen LogP) is 0.866. The van der Waals surface area contributed by atoms with Gasteiger partial charge < -0.3 is 20.8 Å². The maximum atomic E-state index is 12.1. The second-order valence-electron chi connectivity index (χ2n) is 6.19. The molecule has 0 saturated carbocycles. The molecular formula is C16H28IN5O4S. The highest BCUT2D eigenvalue weighted by Gasteiger charge is 2.27. The second-order valence-corrected chi connectivity index (χ2v) is 8.28. The van der Waals surface area contributed by atoms with Gasteiger partial charge in [0.25, 0.3) is 5.91 Å². The Morgan fingerprint density at radius 3 is 2.56 bits per heavy atom. The summed E-state index contributed by atoms with van der Waals surface area (Å²) in [4.78, 5) is 15.2. The molecule has 27 heavy (non-hydrogen) atoms. The predicted molar refractivity (Wildman–Crippen MR) is 115 cm³/mol. The molecule has 4 N–H and O–H groups in total. The zero-order valence-electron chi connectivity index (χ0n) is 15.6. The molecule has 1 fully saturated rings. The number of sulfonamides is 1. The van der Waals surface area contributed by atoms with E-state index in [4.69, 9.17) is 10.2 Å². The van der Waals surface area contributed by atoms with E-state index >= 15 is 0 Å². The lowest BCUT2D eigenvalue weighted by atomic mass is 10.1. The summed E-state index contributed by atoms with van der Waals surface area (Å²) < 4.78 is 31.1. The molecule has 0 spiro atoms. The average molecular weight is 513 g/mol. The molecule has 9 nitrogen and oxygen atoms in total. The number of carbonyl (C=O) groups excluding carboxylic acids is 1. The normalized spacial score (nSPS) is 16.6. The highest BCUT2D eigenvalue weighted by Crippen LogP contribution is 2.15. The van der Waals surface area contributed by atoms with Crippen molar-refractivity contribution in [3.63, 3.8) is 0 Å². The zero-order chi connectivity index (χ0) is 19.2. The first kappa shape index (κ1) is 23.7. The van der Waals surface area contributed by atoms with Crippen molar-refractivity contribution in [2.45, 2.75) is 38.8 Å². The number of carbonyl (C=O) groups is 1. The van der Waals surface area contributed by atoms with Crippen molar-refractivity contribution in [3.05, 3.63) is 23.7 Å². The van der Waals surface area contributed by atoms with Crippen molar-refractivity contribution in [1.29, 1.82) is 0 Å². The van der Waals surface area contributed by atoms with Gasteiger partial charge in [0.1, 0.15) is 5.76 Å². The number of nitrogens with zero attached hydrogens (tertiary/aromatic N) is 2. The first-order valence-electron chi connectivity index (χ1n) is 8.69. The van der Waals surface area contributed by atoms with Crippen LogP contribution in [-0.2, 0) is 16.6 Å². The van der Waals surface area contributed by atoms with Crippen LogP contribution in [0.2, 0.25) is 0 Å². The lowest BCUT2D eigenvalue weighted by molar-refractivity contribution is 0.0972. The molecule has 11 heteroatoms. The molecule has 0 aromatic carbocycles. The largest absolute Gasteiger partial charge is 0.454 e. The number of nitrogens with one attached hydrogen (secondary N) is 2. The summed E-state index contributed by atoms with van der Waals surface area (Å²) >= 11 is 0. The maximum Gasteiger partial charge on any atom is 0.284 e. The fourth-order valence-electron chi connectivity index (χ4n) is 2.83. The summed E-state index contributed by atoms with van der Waals surface area (Å²) in [6, 6.07) is 3.35. The van der Waals surface area contributed by atoms with Gasteiger partial charge in [-0.3, -0.25) is 9.79 Å². The van der Waals surface area contributed by atoms with E-state index in [9.17, 15) is 13.2 Å². The number of halogens is 1. The Balaban J connectivity index is 0.00000364. The van der Waals surface area contributed by atoms with E-state index in [0.717, 1.165) is 12.8 Å². The SMILES string of the molecule is CCCS(=O)(=O)N1CCC(NC(=NC)NCc2ccc(C(N)=O)o2)CC1.I. The van der Waals surface area contributed by atoms with Crippen LogP contribution in [0.15, 0.2) is 21.5 Å². The third kappa shape index (κ3) is 6.96. The summed E-state index contributed by atoms with van der Waals surface area (Å²) in [5.74, 6) is 0.873. The third-order valence-electron chi connectivity index (χ3n) is 4.21. The number of rotatable bonds is 7. The van der Waals surface area contributed by atoms with E-state index in [1.54, 1.807) is 17.4 Å². The number of piperidine rings is 1. The minimum Gasteiger partial charge on any atom is -0.454 e. The molecule has 0 aliphatic carbocycles. The monoisotopic (exact) mass is 513 g/mol. The molecule has 1 aromatic heterocycles. The molecule has 1 aliphatic heterocycles. The summed E-state index contributed by atoms with van der Waals surface area (Å²) in [5, 5.41) is 6.40. The van der Waals surface area contributed by atoms with E-state index in [0.29, 0.717) is 37.8 Å². The molecule has 1 amide bonds. The van der Waals surface area contributed by atoms with Gasteiger partial charge in [-0.15, -0.1) is 24.0 Å². The number of nitrogens with two attached hydrogens (primary N) is 1. The Hall–Kier alpha value is -1.34. The number of hydrogen-bond acceptors (Lipinski definition) is 5. The van der Waals surface area contributed by atoms with E-state index in [1.165, 1.54) is 6.07 Å². The lowest BCUT2D eigenvalue weighted by Gasteiger charge is -2.32. The van der Waals surface area contributed by atoms with E-state index in [-0.39, 0.29) is 41.5 Å². The summed E-state index contributed by atoms with van der Waals surface area (Å²) in [6.07, 6.45) is 2.06. The molecule has 0 bridgehead atoms. The summed E-state index contributed by atoms with van der Waals surface area (Å²) in [6.45, 7) is 3.25. The van der Waals surface area contributed by atoms with Gasteiger partial charge in [-0.2, -0.15) is 0 Å². The van der Waals surface area contributed by atoms with Crippen LogP contribution in [0.3, 0.4) is 0 Å². The van der Waals surface area contributed by atoms with Crippen molar-refractivity contribution in [2.75, 3.05) is 25.9 Å². The first-order valence-corrected chi connectivity index (χ1v) is 10.3. The van der Waals surface area contributed by atoms with Crippen LogP contribution in [0.1, 0.15) is 42.5 Å². The van der Waals surface area contributed by atoms with Crippen molar-refractivity contribution in [1.82, 2.24) is 14.9 Å². The summed E-state index contributed by atoms with van der Waals surface area (Å²) in [5.41, 5.74) is 5.16. The molecule has 154 valence electrons. The fraction of sp³-hybridized carbons (Fsp3) is 0.625. The quantitative estimate of drug-likeness (QED) is 0.282. The standard InChI is InChI=1S/C16H27N5O4S.HI/c1-3-10-26(23,24)21-8-6-12(7-9-21)20-16(18-2)19-11-13-4-5-14(25-13)15(17)22;/h4-5,12H,3,6-11H2,1-2H3,(H2,17,22)(H2,18,19,20);1H. The van der Waals surface area contributed by atoms with E-state index in [2.05, 4.69) is 15.6 Å². The van der Waals surface area contributed by atoms with Crippen molar-refractivity contribution < 1.29 is 17.6 Å². The minimum atomic E-state index is -3.13. The Morgan fingerprint density at radius 2 is 2.04 bits per heavy atom. The van der Waals surface area contributed by atoms with Gasteiger partial charge in [0, 0.05) is 26.2 Å². The molecule has 2 heterocycles. The maximum absolute atomic E-state index is 12.1. The number of guanidine groups is 1. The van der Waals surface area contributed by atoms with Crippen LogP contribution in [0.4, 0.5) is 0 Å². The van der Waals surface area contributed by atoms with Crippen LogP contribution in [0.5, 0.6) is 0 Å². The Kier molecular flexibility index (Phi) is 9.53. The van der Waals surface area contributed by atoms with Gasteiger partial charge in [-0.05, 0) is 31.4 Å². The molecule has 0 atom stereocenters. The van der Waals surface area contributed by atoms with Gasteiger partial charge in [0.05, 0.1) is 12.3 Å². The Morgan fingerprint density at radius 1 is 1.37 bits per heavy atom. The van der Waals surface area contributed by atoms with E-state index in [1.807, 2.05) is 6.92 Å². The highest BCUT2D eigenvalue weighted by atomic mass is 127. The van der Waals surface area contributed by atoms with Gasteiger partial charge in [0.2, 0.25) is 10.0 Å². The summed E-state index contributed by atoms with van der Waals surface area (Å²) in [7, 11) is -1.47. The first-order chi connectivity index (χ1) is 12.4. The highest BCUT2D eigenvalue weighted by molar-refractivity contribution is 14.0. The van der Waals surface area contributed by atoms with Crippen molar-refractivity contribution in [2.24, 2.45) is 10.7 Å². The van der Waals surface area contributed by atoms with Gasteiger partial charge >= 0.3 is 0 Å². The van der Waals surface area contributed by atoms with Crippen LogP contribution < -0.4 is 16.4 Å². The molecule has 0 unspecified atom stereocenters. The molecule has 2 rings (SSSR count). The molecule has 0 radical (unpaired) electrons. The van der Waals surface area contributed by atoms with Gasteiger partial charge in [-0.1, -0.05) is 6.92 Å². The molecule has 1 aromatic rings. The van der Waals surface area contributed by atoms with Gasteiger partial charge in [0.15, 0.2) is 11.7 Å². The number of hydrogen-bond donors (Lipinski definition) is 3. The number of primary amides is 1. The van der Waals surface area contributed by atoms with Crippen LogP contribution >= 0.6 is 24.0 Å². The Bertz CT molecular complexity index is 742. The minimum absolute atomic E-state index is 0. The topological polar surface area (TPSA) is 130 Å². The van der Waals surface area contributed by atoms with Crippen LogP contribution in [-0.4, -0.2) is 56.5 Å². The van der Waals surface area contributed by atoms with Crippen LogP contribution in [0.25, 0.3) is 0 Å². The van der Waals surface area contributed by atoms with Crippen molar-refractivity contribution >= 4 is 45.9 Å². The second kappa shape index (κ2) is 10.9. The van der Waals surface area contributed by atoms with Crippen LogP contribution in [0, 0.1) is 0 Å². The fourth-order valence-corrected chi connectivity index (χ4v) is 4.37. The third-order valence-corrected chi connectivity index (χ3v) is 6.28. The zero-order valence-corrected chi connectivity index (χ0v) is 18.7. The number of aliphatic imine (C=N–C) groups is 1. The smallest absolute Gasteiger partial charge is 0.284 e. The van der Waals surface area contributed by atoms with Gasteiger partial charge in [-0.25, -0.2) is 12.7 Å². The average Bonchev–Trinajstić information content (AvgIpc) is 3.08. The van der Waals surface area contributed by atoms with E-state index < -0.39 is 15.9 Å². The molecular weight excluding hydrogens is 485 g/mol. The molecule has 1 aliphatic rings.